The van der Waals surface area contributed by atoms with E-state index in [9.17, 15) is 4.79 Å². The van der Waals surface area contributed by atoms with Crippen LogP contribution in [-0.2, 0) is 0 Å². The Morgan fingerprint density at radius 1 is 0.719 bits per heavy atom. The van der Waals surface area contributed by atoms with Crippen LogP contribution >= 0.6 is 0 Å². The molecular weight excluding hydrogens is 398 g/mol. The molecule has 0 fully saturated rings. The third-order valence-electron chi connectivity index (χ3n) is 5.77. The Morgan fingerprint density at radius 2 is 1.44 bits per heavy atom. The van der Waals surface area contributed by atoms with E-state index in [1.807, 2.05) is 65.6 Å². The Bertz CT molecular complexity index is 1480. The molecule has 6 rings (SSSR count). The molecule has 4 heteroatoms. The molecule has 1 aliphatic heterocycles. The van der Waals surface area contributed by atoms with Gasteiger partial charge in [0.1, 0.15) is 5.58 Å². The van der Waals surface area contributed by atoms with Crippen LogP contribution in [0.2, 0.25) is 0 Å². The second-order valence-electron chi connectivity index (χ2n) is 7.86. The zero-order valence-electron chi connectivity index (χ0n) is 17.4. The maximum Gasteiger partial charge on any atom is 0.345 e. The predicted molar refractivity (Wildman–Crippen MR) is 126 cm³/mol. The number of fused-ring (bicyclic) bond motifs is 4. The minimum Gasteiger partial charge on any atom is -0.436 e. The third-order valence-corrected chi connectivity index (χ3v) is 5.77. The summed E-state index contributed by atoms with van der Waals surface area (Å²) in [5.74, 6) is 0.524. The second kappa shape index (κ2) is 7.13. The van der Waals surface area contributed by atoms with Gasteiger partial charge in [0, 0.05) is 5.56 Å². The monoisotopic (exact) mass is 417 g/mol. The number of esters is 1. The van der Waals surface area contributed by atoms with Crippen molar-refractivity contribution in [2.75, 3.05) is 4.90 Å². The number of furan rings is 1. The lowest BCUT2D eigenvalue weighted by Gasteiger charge is -2.25. The Kier molecular flexibility index (Phi) is 4.12. The first-order valence-corrected chi connectivity index (χ1v) is 10.5. The molecule has 0 radical (unpaired) electrons. The van der Waals surface area contributed by atoms with Crippen molar-refractivity contribution in [3.05, 3.63) is 108 Å². The number of aryl methyl sites for hydroxylation is 1. The van der Waals surface area contributed by atoms with E-state index in [4.69, 9.17) is 9.15 Å². The molecule has 0 saturated carbocycles. The number of anilines is 3. The van der Waals surface area contributed by atoms with Crippen LogP contribution in [0.4, 0.5) is 17.3 Å². The normalized spacial score (nSPS) is 12.8. The molecule has 0 unspecified atom stereocenters. The zero-order chi connectivity index (χ0) is 21.7. The highest BCUT2D eigenvalue weighted by molar-refractivity contribution is 6.07. The lowest BCUT2D eigenvalue weighted by atomic mass is 9.99. The van der Waals surface area contributed by atoms with E-state index < -0.39 is 5.97 Å². The number of carbonyl (C=O) groups is 1. The van der Waals surface area contributed by atoms with Crippen molar-refractivity contribution in [3.63, 3.8) is 0 Å². The summed E-state index contributed by atoms with van der Waals surface area (Å²) in [4.78, 5) is 15.1. The van der Waals surface area contributed by atoms with Crippen LogP contribution in [0, 0.1) is 6.92 Å². The molecule has 0 amide bonds. The fraction of sp³-hybridized carbons (Fsp3) is 0.0357. The molecule has 5 aromatic rings. The van der Waals surface area contributed by atoms with Crippen LogP contribution in [0.3, 0.4) is 0 Å². The maximum absolute atomic E-state index is 13.1. The van der Waals surface area contributed by atoms with Crippen LogP contribution < -0.4 is 9.64 Å². The first-order chi connectivity index (χ1) is 15.7. The van der Waals surface area contributed by atoms with E-state index in [0.717, 1.165) is 33.5 Å². The Morgan fingerprint density at radius 3 is 2.31 bits per heavy atom. The highest BCUT2D eigenvalue weighted by atomic mass is 16.5. The Labute approximate surface area is 185 Å². The number of carbonyl (C=O) groups excluding carboxylic acids is 1. The standard InChI is InChI=1S/C28H19NO3/c1-18-15-16-24(22(17-18)19-9-3-2-4-10-19)29-23-13-7-5-11-20(23)28(30)32-26-21-12-6-8-14-25(21)31-27(26)29/h2-17H,1H3. The van der Waals surface area contributed by atoms with Gasteiger partial charge in [-0.1, -0.05) is 66.2 Å². The SMILES string of the molecule is Cc1ccc(N2c3ccccc3C(=O)Oc3c2oc2ccccc32)c(-c2ccccc2)c1. The summed E-state index contributed by atoms with van der Waals surface area (Å²) >= 11 is 0. The molecule has 0 atom stereocenters. The molecule has 0 saturated heterocycles. The van der Waals surface area contributed by atoms with Gasteiger partial charge in [-0.3, -0.25) is 4.90 Å². The Balaban J connectivity index is 1.71. The summed E-state index contributed by atoms with van der Waals surface area (Å²) in [7, 11) is 0. The van der Waals surface area contributed by atoms with Gasteiger partial charge in [-0.25, -0.2) is 4.79 Å². The van der Waals surface area contributed by atoms with Gasteiger partial charge in [-0.15, -0.1) is 0 Å². The minimum absolute atomic E-state index is 0.399. The summed E-state index contributed by atoms with van der Waals surface area (Å²) < 4.78 is 12.2. The van der Waals surface area contributed by atoms with E-state index in [1.165, 1.54) is 0 Å². The molecule has 0 N–H and O–H groups in total. The minimum atomic E-state index is -0.399. The van der Waals surface area contributed by atoms with E-state index in [1.54, 1.807) is 6.07 Å². The summed E-state index contributed by atoms with van der Waals surface area (Å²) in [6, 6.07) is 31.6. The van der Waals surface area contributed by atoms with Gasteiger partial charge >= 0.3 is 5.97 Å². The number of rotatable bonds is 2. The lowest BCUT2D eigenvalue weighted by Crippen LogP contribution is -2.13. The van der Waals surface area contributed by atoms with Gasteiger partial charge in [0.05, 0.1) is 22.3 Å². The number of hydrogen-bond donors (Lipinski definition) is 0. The summed E-state index contributed by atoms with van der Waals surface area (Å²) in [6.45, 7) is 2.08. The summed E-state index contributed by atoms with van der Waals surface area (Å²) in [6.07, 6.45) is 0. The van der Waals surface area contributed by atoms with E-state index in [0.29, 0.717) is 22.8 Å². The van der Waals surface area contributed by atoms with E-state index in [2.05, 4.69) is 37.3 Å². The van der Waals surface area contributed by atoms with Crippen molar-refractivity contribution in [2.24, 2.45) is 0 Å². The molecule has 4 aromatic carbocycles. The van der Waals surface area contributed by atoms with Crippen molar-refractivity contribution in [2.45, 2.75) is 6.92 Å². The topological polar surface area (TPSA) is 42.7 Å². The average Bonchev–Trinajstić information content (AvgIpc) is 3.13. The number of hydrogen-bond acceptors (Lipinski definition) is 4. The van der Waals surface area contributed by atoms with Crippen molar-refractivity contribution >= 4 is 34.2 Å². The number of ether oxygens (including phenoxy) is 1. The van der Waals surface area contributed by atoms with Crippen molar-refractivity contribution in [1.82, 2.24) is 0 Å². The van der Waals surface area contributed by atoms with Gasteiger partial charge in [0.25, 0.3) is 0 Å². The second-order valence-corrected chi connectivity index (χ2v) is 7.86. The first kappa shape index (κ1) is 18.5. The molecule has 1 aliphatic rings. The highest BCUT2D eigenvalue weighted by Gasteiger charge is 2.33. The molecule has 4 nitrogen and oxygen atoms in total. The predicted octanol–water partition coefficient (Wildman–Crippen LogP) is 7.41. The van der Waals surface area contributed by atoms with E-state index >= 15 is 0 Å². The number of para-hydroxylation sites is 2. The van der Waals surface area contributed by atoms with Crippen LogP contribution in [0.1, 0.15) is 15.9 Å². The molecule has 0 spiro atoms. The fourth-order valence-electron chi connectivity index (χ4n) is 4.29. The van der Waals surface area contributed by atoms with Crippen LogP contribution in [0.15, 0.2) is 101 Å². The first-order valence-electron chi connectivity index (χ1n) is 10.5. The fourth-order valence-corrected chi connectivity index (χ4v) is 4.29. The maximum atomic E-state index is 13.1. The number of nitrogens with zero attached hydrogens (tertiary/aromatic N) is 1. The van der Waals surface area contributed by atoms with Crippen molar-refractivity contribution in [1.29, 1.82) is 0 Å². The molecule has 154 valence electrons. The highest BCUT2D eigenvalue weighted by Crippen LogP contribution is 2.51. The van der Waals surface area contributed by atoms with Crippen LogP contribution in [0.5, 0.6) is 5.75 Å². The smallest absolute Gasteiger partial charge is 0.345 e. The van der Waals surface area contributed by atoms with Gasteiger partial charge in [-0.2, -0.15) is 0 Å². The van der Waals surface area contributed by atoms with Crippen molar-refractivity contribution < 1.29 is 13.9 Å². The van der Waals surface area contributed by atoms with Gasteiger partial charge in [-0.05, 0) is 48.9 Å². The van der Waals surface area contributed by atoms with Gasteiger partial charge in [0.2, 0.25) is 11.6 Å². The lowest BCUT2D eigenvalue weighted by molar-refractivity contribution is 0.0740. The summed E-state index contributed by atoms with van der Waals surface area (Å²) in [5, 5.41) is 0.766. The van der Waals surface area contributed by atoms with Crippen LogP contribution in [0.25, 0.3) is 22.1 Å². The Hall–Kier alpha value is -4.31. The average molecular weight is 417 g/mol. The molecular formula is C28H19NO3. The van der Waals surface area contributed by atoms with Gasteiger partial charge < -0.3 is 9.15 Å². The summed E-state index contributed by atoms with van der Waals surface area (Å²) in [5.41, 5.74) is 6.06. The van der Waals surface area contributed by atoms with E-state index in [-0.39, 0.29) is 0 Å². The molecule has 0 aliphatic carbocycles. The largest absolute Gasteiger partial charge is 0.436 e. The van der Waals surface area contributed by atoms with Crippen LogP contribution in [-0.4, -0.2) is 5.97 Å². The molecule has 2 heterocycles. The molecule has 0 bridgehead atoms. The third kappa shape index (κ3) is 2.81. The van der Waals surface area contributed by atoms with Crippen molar-refractivity contribution in [3.8, 4) is 16.9 Å². The molecule has 32 heavy (non-hydrogen) atoms. The number of benzene rings is 4. The molecule has 1 aromatic heterocycles. The zero-order valence-corrected chi connectivity index (χ0v) is 17.4. The van der Waals surface area contributed by atoms with Gasteiger partial charge in [0.15, 0.2) is 0 Å². The quantitative estimate of drug-likeness (QED) is 0.281.